The number of hydrogen-bond acceptors (Lipinski definition) is 4. The second kappa shape index (κ2) is 17.2. The molecule has 6 heteroatoms. The second-order valence-electron chi connectivity index (χ2n) is 22.8. The topological polar surface area (TPSA) is 37.7 Å². The standard InChI is InChI=1S/C73H56BN3O2/c1-9-52(71-46(5)53-22-14-17-28-67(53)78-71)48-38-44(3)70(45(4)39-48)77-64-42-62-58(55-23-13-16-27-61(55)75(62)50-20-11-10-12-21-50)41-60(64)74-59-35-32-49(73(6,7)8)40-63(59)76(65-36-43(2)37-66(77)69(65)74)51-33-30-47(31-34-51)54-25-19-26-57-56-24-15-18-29-68(56)79-72(54)57/h9-42H,1,5H2,2-4,6-8H3/b71-52-. The van der Waals surface area contributed by atoms with Crippen molar-refractivity contribution in [3.05, 3.63) is 251 Å². The van der Waals surface area contributed by atoms with Crippen LogP contribution in [-0.2, 0) is 5.41 Å². The van der Waals surface area contributed by atoms with Gasteiger partial charge in [-0.25, -0.2) is 0 Å². The maximum Gasteiger partial charge on any atom is 0.252 e. The lowest BCUT2D eigenvalue weighted by Crippen LogP contribution is -2.61. The van der Waals surface area contributed by atoms with Gasteiger partial charge in [-0.05, 0) is 155 Å². The van der Waals surface area contributed by atoms with E-state index in [9.17, 15) is 0 Å². The summed E-state index contributed by atoms with van der Waals surface area (Å²) in [5.74, 6) is 0. The highest BCUT2D eigenvalue weighted by molar-refractivity contribution is 7.00. The van der Waals surface area contributed by atoms with Gasteiger partial charge in [-0.1, -0.05) is 161 Å². The quantitative estimate of drug-likeness (QED) is 0.156. The molecular weight excluding hydrogens is 962 g/mol. The molecule has 2 aliphatic rings. The van der Waals surface area contributed by atoms with E-state index in [1.807, 2.05) is 30.3 Å². The molecule has 3 aromatic heterocycles. The molecule has 0 amide bonds. The number of fused-ring (bicyclic) bond motifs is 11. The summed E-state index contributed by atoms with van der Waals surface area (Å²) in [7, 11) is 0. The van der Waals surface area contributed by atoms with Gasteiger partial charge in [0.1, 0.15) is 22.2 Å². The molecule has 0 atom stereocenters. The molecule has 0 saturated heterocycles. The number of rotatable bonds is 6. The van der Waals surface area contributed by atoms with Crippen LogP contribution in [0.5, 0.6) is 0 Å². The third kappa shape index (κ3) is 6.96. The molecule has 10 aromatic carbocycles. The van der Waals surface area contributed by atoms with Crippen LogP contribution in [0, 0.1) is 20.8 Å². The van der Waals surface area contributed by atoms with Crippen molar-refractivity contribution in [2.75, 3.05) is 9.80 Å². The van der Waals surface area contributed by atoms with Crippen LogP contribution in [0.15, 0.2) is 222 Å². The van der Waals surface area contributed by atoms with E-state index in [1.54, 1.807) is 0 Å². The minimum Gasteiger partial charge on any atom is -0.455 e. The van der Waals surface area contributed by atoms with Gasteiger partial charge in [0.2, 0.25) is 0 Å². The van der Waals surface area contributed by atoms with E-state index >= 15 is 0 Å². The first-order valence-corrected chi connectivity index (χ1v) is 27.4. The Morgan fingerprint density at radius 3 is 1.89 bits per heavy atom. The van der Waals surface area contributed by atoms with Crippen molar-refractivity contribution in [3.63, 3.8) is 0 Å². The van der Waals surface area contributed by atoms with Crippen LogP contribution >= 0.6 is 0 Å². The Hall–Kier alpha value is -9.52. The fraction of sp³-hybridized carbons (Fsp3) is 0.0959. The Morgan fingerprint density at radius 1 is 0.519 bits per heavy atom. The number of anilines is 6. The van der Waals surface area contributed by atoms with E-state index in [-0.39, 0.29) is 12.1 Å². The van der Waals surface area contributed by atoms with Crippen LogP contribution in [0.4, 0.5) is 34.1 Å². The molecule has 5 nitrogen and oxygen atoms in total. The summed E-state index contributed by atoms with van der Waals surface area (Å²) in [6.07, 6.45) is 1.92. The van der Waals surface area contributed by atoms with Crippen LogP contribution in [-0.4, -0.2) is 11.3 Å². The Morgan fingerprint density at radius 2 is 1.16 bits per heavy atom. The Kier molecular flexibility index (Phi) is 10.2. The summed E-state index contributed by atoms with van der Waals surface area (Å²) in [6.45, 7) is 22.5. The molecule has 2 aliphatic heterocycles. The number of furan rings is 2. The summed E-state index contributed by atoms with van der Waals surface area (Å²) in [4.78, 5) is 5.13. The SMILES string of the molecule is C=C/C(c1cc(C)c(N2c3cc4c(cc3B3c5ccc(C(C)(C)C)cc5N(c5ccc(-c6cccc7c6oc6ccccc67)cc5)c5cc(C)cc2c53)c2ccccc2n4-c2ccccc2)c(C)c1)=c1/oc2ccccc2c1=C. The van der Waals surface area contributed by atoms with Crippen molar-refractivity contribution in [1.29, 1.82) is 0 Å². The van der Waals surface area contributed by atoms with Gasteiger partial charge in [0.25, 0.3) is 6.71 Å². The molecule has 13 aromatic rings. The predicted molar refractivity (Wildman–Crippen MR) is 334 cm³/mol. The number of aryl methyl sites for hydroxylation is 3. The van der Waals surface area contributed by atoms with E-state index in [0.29, 0.717) is 0 Å². The minimum atomic E-state index is -0.0930. The Labute approximate surface area is 460 Å². The van der Waals surface area contributed by atoms with Crippen LogP contribution in [0.25, 0.3) is 83.7 Å². The predicted octanol–water partition coefficient (Wildman–Crippen LogP) is 16.2. The first-order valence-electron chi connectivity index (χ1n) is 27.4. The smallest absolute Gasteiger partial charge is 0.252 e. The highest BCUT2D eigenvalue weighted by Crippen LogP contribution is 2.49. The van der Waals surface area contributed by atoms with Crippen LogP contribution < -0.4 is 36.8 Å². The molecule has 378 valence electrons. The minimum absolute atomic E-state index is 0.0885. The maximum atomic E-state index is 6.58. The Bertz CT molecular complexity index is 4830. The lowest BCUT2D eigenvalue weighted by atomic mass is 9.33. The van der Waals surface area contributed by atoms with Crippen LogP contribution in [0.3, 0.4) is 0 Å². The highest BCUT2D eigenvalue weighted by Gasteiger charge is 2.45. The number of nitrogens with zero attached hydrogens (tertiary/aromatic N) is 3. The van der Waals surface area contributed by atoms with E-state index in [1.165, 1.54) is 60.9 Å². The van der Waals surface area contributed by atoms with Crippen LogP contribution in [0.2, 0.25) is 0 Å². The van der Waals surface area contributed by atoms with Gasteiger partial charge in [-0.3, -0.25) is 0 Å². The van der Waals surface area contributed by atoms with Gasteiger partial charge >= 0.3 is 0 Å². The molecule has 0 unspecified atom stereocenters. The Balaban J connectivity index is 1.000. The molecule has 0 spiro atoms. The molecule has 0 aliphatic carbocycles. The number of allylic oxidation sites excluding steroid dienone is 1. The highest BCUT2D eigenvalue weighted by atomic mass is 16.3. The molecule has 15 rings (SSSR count). The number of para-hydroxylation sites is 5. The van der Waals surface area contributed by atoms with Crippen LogP contribution in [0.1, 0.15) is 48.6 Å². The third-order valence-corrected chi connectivity index (χ3v) is 16.9. The van der Waals surface area contributed by atoms with Crippen molar-refractivity contribution < 1.29 is 8.83 Å². The zero-order chi connectivity index (χ0) is 53.6. The fourth-order valence-corrected chi connectivity index (χ4v) is 13.3. The summed E-state index contributed by atoms with van der Waals surface area (Å²) in [5.41, 5.74) is 26.4. The lowest BCUT2D eigenvalue weighted by Gasteiger charge is -2.45. The average Bonchev–Trinajstić information content (AvgIpc) is 3.07. The first-order chi connectivity index (χ1) is 38.4. The van der Waals surface area contributed by atoms with E-state index < -0.39 is 0 Å². The third-order valence-electron chi connectivity index (χ3n) is 16.9. The fourth-order valence-electron chi connectivity index (χ4n) is 13.3. The molecule has 0 N–H and O–H groups in total. The number of aromatic nitrogens is 1. The van der Waals surface area contributed by atoms with Gasteiger partial charge in [-0.15, -0.1) is 0 Å². The van der Waals surface area contributed by atoms with E-state index in [0.717, 1.165) is 105 Å². The number of hydrogen-bond donors (Lipinski definition) is 0. The zero-order valence-corrected chi connectivity index (χ0v) is 45.3. The summed E-state index contributed by atoms with van der Waals surface area (Å²) >= 11 is 0. The van der Waals surface area contributed by atoms with Gasteiger partial charge in [0, 0.05) is 77.4 Å². The van der Waals surface area contributed by atoms with Crippen molar-refractivity contribution >= 4 is 124 Å². The normalized spacial score (nSPS) is 13.4. The van der Waals surface area contributed by atoms with Crippen molar-refractivity contribution in [3.8, 4) is 16.8 Å². The summed E-state index contributed by atoms with van der Waals surface area (Å²) in [6, 6.07) is 73.5. The van der Waals surface area contributed by atoms with Gasteiger partial charge in [0.15, 0.2) is 0 Å². The van der Waals surface area contributed by atoms with Crippen molar-refractivity contribution in [1.82, 2.24) is 4.57 Å². The molecule has 0 fully saturated rings. The maximum absolute atomic E-state index is 6.58. The molecule has 0 saturated carbocycles. The molecule has 0 radical (unpaired) electrons. The number of benzene rings is 10. The van der Waals surface area contributed by atoms with E-state index in [4.69, 9.17) is 8.83 Å². The first kappa shape index (κ1) is 46.8. The summed E-state index contributed by atoms with van der Waals surface area (Å²) < 4.78 is 15.6. The molecule has 0 bridgehead atoms. The molecule has 5 heterocycles. The van der Waals surface area contributed by atoms with Gasteiger partial charge in [0.05, 0.1) is 16.7 Å². The molecular formula is C73H56BN3O2. The largest absolute Gasteiger partial charge is 0.455 e. The second-order valence-corrected chi connectivity index (χ2v) is 22.8. The van der Waals surface area contributed by atoms with E-state index in [2.05, 4.69) is 245 Å². The summed E-state index contributed by atoms with van der Waals surface area (Å²) in [5, 5.41) is 6.58. The average molecular weight is 1020 g/mol. The van der Waals surface area contributed by atoms with Crippen molar-refractivity contribution in [2.45, 2.75) is 47.0 Å². The molecule has 79 heavy (non-hydrogen) atoms. The van der Waals surface area contributed by atoms with Gasteiger partial charge in [-0.2, -0.15) is 0 Å². The monoisotopic (exact) mass is 1020 g/mol. The lowest BCUT2D eigenvalue weighted by molar-refractivity contribution is 0.573. The zero-order valence-electron chi connectivity index (χ0n) is 45.3. The van der Waals surface area contributed by atoms with Crippen molar-refractivity contribution in [2.24, 2.45) is 0 Å². The van der Waals surface area contributed by atoms with Gasteiger partial charge < -0.3 is 23.2 Å².